The predicted octanol–water partition coefficient (Wildman–Crippen LogP) is 2.78. The third-order valence-electron chi connectivity index (χ3n) is 3.29. The topological polar surface area (TPSA) is 38.0 Å². The summed E-state index contributed by atoms with van der Waals surface area (Å²) in [6, 6.07) is 9.88. The summed E-state index contributed by atoms with van der Waals surface area (Å²) in [5, 5.41) is 14.6. The summed E-state index contributed by atoms with van der Waals surface area (Å²) in [6.07, 6.45) is 1.67. The second kappa shape index (κ2) is 6.22. The summed E-state index contributed by atoms with van der Waals surface area (Å²) in [6.45, 7) is 2.16. The van der Waals surface area contributed by atoms with Crippen LogP contribution in [0.25, 0.3) is 0 Å². The van der Waals surface area contributed by atoms with Crippen molar-refractivity contribution in [3.05, 3.63) is 52.3 Å². The first kappa shape index (κ1) is 14.1. The van der Waals surface area contributed by atoms with Crippen LogP contribution in [0.4, 0.5) is 0 Å². The molecule has 0 fully saturated rings. The Morgan fingerprint density at radius 1 is 1.26 bits per heavy atom. The van der Waals surface area contributed by atoms with E-state index in [1.807, 2.05) is 42.9 Å². The lowest BCUT2D eigenvalue weighted by Gasteiger charge is -2.14. The summed E-state index contributed by atoms with van der Waals surface area (Å²) in [5.41, 5.74) is 3.37. The molecule has 4 heteroatoms. The van der Waals surface area contributed by atoms with Crippen molar-refractivity contribution in [1.29, 1.82) is 0 Å². The summed E-state index contributed by atoms with van der Waals surface area (Å²) in [5.74, 6) is 0.205. The molecule has 0 aliphatic rings. The molecule has 1 heterocycles. The summed E-state index contributed by atoms with van der Waals surface area (Å²) in [7, 11) is 1.94. The van der Waals surface area contributed by atoms with Gasteiger partial charge in [-0.15, -0.1) is 0 Å². The molecular formula is C15H19ClN2O. The Hall–Kier alpha value is -1.32. The molecule has 1 N–H and O–H groups in total. The van der Waals surface area contributed by atoms with Crippen LogP contribution in [-0.4, -0.2) is 21.5 Å². The number of aromatic nitrogens is 2. The minimum Gasteiger partial charge on any atom is -0.396 e. The molecule has 0 bridgehead atoms. The van der Waals surface area contributed by atoms with Crippen LogP contribution in [0.15, 0.2) is 30.3 Å². The van der Waals surface area contributed by atoms with E-state index in [1.165, 1.54) is 5.56 Å². The molecule has 102 valence electrons. The van der Waals surface area contributed by atoms with Gasteiger partial charge in [0.05, 0.1) is 5.69 Å². The second-order valence-corrected chi connectivity index (χ2v) is 5.42. The standard InChI is InChI=1S/C15H19ClN2O/c1-11-7-15(18(2)17-11)9-13(10-19)8-12-3-5-14(16)6-4-12/h3-7,13,19H,8-10H2,1-2H3. The first-order valence-electron chi connectivity index (χ1n) is 6.43. The van der Waals surface area contributed by atoms with Crippen molar-refractivity contribution in [2.75, 3.05) is 6.61 Å². The normalized spacial score (nSPS) is 12.6. The number of aliphatic hydroxyl groups is 1. The number of hydrogen-bond acceptors (Lipinski definition) is 2. The van der Waals surface area contributed by atoms with Gasteiger partial charge in [-0.05, 0) is 49.4 Å². The second-order valence-electron chi connectivity index (χ2n) is 4.98. The molecule has 0 aliphatic heterocycles. The lowest BCUT2D eigenvalue weighted by atomic mass is 9.95. The van der Waals surface area contributed by atoms with Gasteiger partial charge in [0.15, 0.2) is 0 Å². The van der Waals surface area contributed by atoms with Crippen LogP contribution < -0.4 is 0 Å². The Kier molecular flexibility index (Phi) is 4.61. The number of aryl methyl sites for hydroxylation is 2. The Morgan fingerprint density at radius 3 is 2.47 bits per heavy atom. The zero-order chi connectivity index (χ0) is 13.8. The molecule has 0 spiro atoms. The summed E-state index contributed by atoms with van der Waals surface area (Å²) in [4.78, 5) is 0. The predicted molar refractivity (Wildman–Crippen MR) is 77.4 cm³/mol. The Labute approximate surface area is 118 Å². The van der Waals surface area contributed by atoms with Crippen molar-refractivity contribution >= 4 is 11.6 Å². The number of nitrogens with zero attached hydrogens (tertiary/aromatic N) is 2. The number of hydrogen-bond donors (Lipinski definition) is 1. The maximum Gasteiger partial charge on any atom is 0.0596 e. The van der Waals surface area contributed by atoms with Gasteiger partial charge in [-0.25, -0.2) is 0 Å². The van der Waals surface area contributed by atoms with Crippen LogP contribution in [0, 0.1) is 12.8 Å². The SMILES string of the molecule is Cc1cc(CC(CO)Cc2ccc(Cl)cc2)n(C)n1. The number of halogens is 1. The maximum atomic E-state index is 9.55. The van der Waals surface area contributed by atoms with Crippen LogP contribution in [0.1, 0.15) is 17.0 Å². The van der Waals surface area contributed by atoms with Gasteiger partial charge in [0.2, 0.25) is 0 Å². The van der Waals surface area contributed by atoms with Crippen molar-refractivity contribution < 1.29 is 5.11 Å². The lowest BCUT2D eigenvalue weighted by molar-refractivity contribution is 0.223. The zero-order valence-electron chi connectivity index (χ0n) is 11.3. The average molecular weight is 279 g/mol. The van der Waals surface area contributed by atoms with Gasteiger partial charge < -0.3 is 5.11 Å². The largest absolute Gasteiger partial charge is 0.396 e. The number of rotatable bonds is 5. The molecule has 1 atom stereocenters. The molecule has 3 nitrogen and oxygen atoms in total. The molecule has 0 saturated carbocycles. The highest BCUT2D eigenvalue weighted by Gasteiger charge is 2.12. The Morgan fingerprint density at radius 2 is 1.95 bits per heavy atom. The highest BCUT2D eigenvalue weighted by Crippen LogP contribution is 2.17. The molecule has 0 saturated heterocycles. The van der Waals surface area contributed by atoms with Gasteiger partial charge in [0, 0.05) is 24.4 Å². The van der Waals surface area contributed by atoms with E-state index in [0.29, 0.717) is 0 Å². The summed E-state index contributed by atoms with van der Waals surface area (Å²) < 4.78 is 1.89. The first-order valence-corrected chi connectivity index (χ1v) is 6.81. The minimum atomic E-state index is 0.173. The first-order chi connectivity index (χ1) is 9.08. The van der Waals surface area contributed by atoms with Crippen LogP contribution in [-0.2, 0) is 19.9 Å². The molecule has 1 unspecified atom stereocenters. The molecule has 0 amide bonds. The molecule has 0 aliphatic carbocycles. The van der Waals surface area contributed by atoms with Crippen molar-refractivity contribution in [2.24, 2.45) is 13.0 Å². The van der Waals surface area contributed by atoms with E-state index in [2.05, 4.69) is 11.2 Å². The quantitative estimate of drug-likeness (QED) is 0.913. The van der Waals surface area contributed by atoms with Crippen molar-refractivity contribution in [3.63, 3.8) is 0 Å². The molecule has 19 heavy (non-hydrogen) atoms. The fourth-order valence-corrected chi connectivity index (χ4v) is 2.43. The molecule has 1 aromatic carbocycles. The summed E-state index contributed by atoms with van der Waals surface area (Å²) >= 11 is 5.87. The monoisotopic (exact) mass is 278 g/mol. The third kappa shape index (κ3) is 3.82. The van der Waals surface area contributed by atoms with Crippen LogP contribution in [0.5, 0.6) is 0 Å². The van der Waals surface area contributed by atoms with E-state index in [4.69, 9.17) is 11.6 Å². The van der Waals surface area contributed by atoms with Gasteiger partial charge in [-0.1, -0.05) is 23.7 Å². The molecule has 1 aromatic heterocycles. The number of benzene rings is 1. The minimum absolute atomic E-state index is 0.173. The van der Waals surface area contributed by atoms with E-state index in [9.17, 15) is 5.11 Å². The smallest absolute Gasteiger partial charge is 0.0596 e. The maximum absolute atomic E-state index is 9.55. The number of aliphatic hydroxyl groups excluding tert-OH is 1. The van der Waals surface area contributed by atoms with Crippen LogP contribution in [0.2, 0.25) is 5.02 Å². The van der Waals surface area contributed by atoms with E-state index in [-0.39, 0.29) is 12.5 Å². The van der Waals surface area contributed by atoms with Crippen molar-refractivity contribution in [2.45, 2.75) is 19.8 Å². The van der Waals surface area contributed by atoms with Gasteiger partial charge in [-0.3, -0.25) is 4.68 Å². The molecule has 2 rings (SSSR count). The van der Waals surface area contributed by atoms with E-state index < -0.39 is 0 Å². The van der Waals surface area contributed by atoms with E-state index in [1.54, 1.807) is 0 Å². The Balaban J connectivity index is 2.04. The van der Waals surface area contributed by atoms with Gasteiger partial charge in [0.25, 0.3) is 0 Å². The van der Waals surface area contributed by atoms with E-state index in [0.717, 1.165) is 29.3 Å². The van der Waals surface area contributed by atoms with Crippen LogP contribution in [0.3, 0.4) is 0 Å². The van der Waals surface area contributed by atoms with Crippen molar-refractivity contribution in [1.82, 2.24) is 9.78 Å². The molecule has 0 radical (unpaired) electrons. The fraction of sp³-hybridized carbons (Fsp3) is 0.400. The average Bonchev–Trinajstić information content (AvgIpc) is 2.69. The van der Waals surface area contributed by atoms with Crippen molar-refractivity contribution in [3.8, 4) is 0 Å². The zero-order valence-corrected chi connectivity index (χ0v) is 12.1. The Bertz CT molecular complexity index is 534. The third-order valence-corrected chi connectivity index (χ3v) is 3.54. The van der Waals surface area contributed by atoms with Gasteiger partial charge in [0.1, 0.15) is 0 Å². The molecular weight excluding hydrogens is 260 g/mol. The molecule has 2 aromatic rings. The van der Waals surface area contributed by atoms with E-state index >= 15 is 0 Å². The highest BCUT2D eigenvalue weighted by molar-refractivity contribution is 6.30. The lowest BCUT2D eigenvalue weighted by Crippen LogP contribution is -2.15. The van der Waals surface area contributed by atoms with Gasteiger partial charge >= 0.3 is 0 Å². The highest BCUT2D eigenvalue weighted by atomic mass is 35.5. The van der Waals surface area contributed by atoms with Gasteiger partial charge in [-0.2, -0.15) is 5.10 Å². The fourth-order valence-electron chi connectivity index (χ4n) is 2.31. The van der Waals surface area contributed by atoms with Crippen LogP contribution >= 0.6 is 11.6 Å².